The maximum absolute atomic E-state index is 12.8. The number of hydrogen-bond acceptors (Lipinski definition) is 5. The fourth-order valence-electron chi connectivity index (χ4n) is 3.12. The molecule has 0 saturated heterocycles. The van der Waals surface area contributed by atoms with E-state index in [0.717, 1.165) is 22.0 Å². The van der Waals surface area contributed by atoms with Crippen LogP contribution in [0, 0.1) is 0 Å². The molecule has 0 saturated carbocycles. The van der Waals surface area contributed by atoms with Crippen LogP contribution in [-0.4, -0.2) is 53.6 Å². The van der Waals surface area contributed by atoms with Gasteiger partial charge in [0.2, 0.25) is 5.91 Å². The molecule has 3 amide bonds. The number of likely N-dealkylation sites (N-methyl/N-ethyl adjacent to an activating group) is 1. The molecule has 2 aromatic carbocycles. The van der Waals surface area contributed by atoms with Gasteiger partial charge in [-0.1, -0.05) is 20.8 Å². The zero-order valence-electron chi connectivity index (χ0n) is 20.4. The molecule has 1 aromatic heterocycles. The molecule has 0 spiro atoms. The van der Waals surface area contributed by atoms with Crippen LogP contribution in [0.25, 0.3) is 5.69 Å². The number of nitrogens with zero attached hydrogens (tertiary/aromatic N) is 3. The van der Waals surface area contributed by atoms with Crippen molar-refractivity contribution in [1.29, 1.82) is 0 Å². The predicted octanol–water partition coefficient (Wildman–Crippen LogP) is 5.00. The van der Waals surface area contributed by atoms with Crippen molar-refractivity contribution in [1.82, 2.24) is 14.7 Å². The summed E-state index contributed by atoms with van der Waals surface area (Å²) in [6.07, 6.45) is 1.99. The number of aromatic nitrogens is 2. The lowest BCUT2D eigenvalue weighted by Gasteiger charge is -2.18. The molecular weight excluding hydrogens is 450 g/mol. The van der Waals surface area contributed by atoms with E-state index in [1.807, 2.05) is 60.9 Å². The number of thioether (sulfide) groups is 1. The number of carbonyl (C=O) groups excluding carboxylic acids is 2. The van der Waals surface area contributed by atoms with Gasteiger partial charge in [0.15, 0.2) is 0 Å². The average Bonchev–Trinajstić information content (AvgIpc) is 3.23. The molecule has 3 rings (SSSR count). The standard InChI is InChI=1S/C25H31N5O3S/c1-25(2,3)21-15-22(30(28-21)18-9-11-19(33-5)12-10-18)27-23(31)16-29(4)24(32)26-17-7-13-20(34-6)14-8-17/h7-15H,16H2,1-6H3,(H,26,32)(H,27,31). The van der Waals surface area contributed by atoms with Gasteiger partial charge in [-0.15, -0.1) is 11.8 Å². The monoisotopic (exact) mass is 481 g/mol. The molecule has 0 fully saturated rings. The van der Waals surface area contributed by atoms with E-state index in [9.17, 15) is 9.59 Å². The second-order valence-electron chi connectivity index (χ2n) is 8.84. The van der Waals surface area contributed by atoms with Crippen molar-refractivity contribution in [3.05, 3.63) is 60.3 Å². The van der Waals surface area contributed by atoms with Crippen molar-refractivity contribution in [2.45, 2.75) is 31.1 Å². The van der Waals surface area contributed by atoms with Gasteiger partial charge in [0.05, 0.1) is 18.5 Å². The number of anilines is 2. The van der Waals surface area contributed by atoms with E-state index >= 15 is 0 Å². The van der Waals surface area contributed by atoms with E-state index in [-0.39, 0.29) is 23.9 Å². The average molecular weight is 482 g/mol. The molecule has 8 nitrogen and oxygen atoms in total. The van der Waals surface area contributed by atoms with E-state index in [2.05, 4.69) is 31.4 Å². The van der Waals surface area contributed by atoms with Gasteiger partial charge in [-0.3, -0.25) is 4.79 Å². The molecule has 3 aromatic rings. The van der Waals surface area contributed by atoms with Crippen LogP contribution in [0.2, 0.25) is 0 Å². The summed E-state index contributed by atoms with van der Waals surface area (Å²) in [5.41, 5.74) is 2.08. The van der Waals surface area contributed by atoms with Crippen LogP contribution in [0.15, 0.2) is 59.5 Å². The third-order valence-electron chi connectivity index (χ3n) is 5.13. The van der Waals surface area contributed by atoms with Gasteiger partial charge in [-0.25, -0.2) is 9.48 Å². The zero-order valence-corrected chi connectivity index (χ0v) is 21.2. The molecule has 1 heterocycles. The highest BCUT2D eigenvalue weighted by atomic mass is 32.2. The predicted molar refractivity (Wildman–Crippen MR) is 137 cm³/mol. The normalized spacial score (nSPS) is 11.1. The number of ether oxygens (including phenoxy) is 1. The van der Waals surface area contributed by atoms with Crippen molar-refractivity contribution in [3.63, 3.8) is 0 Å². The first-order chi connectivity index (χ1) is 16.1. The lowest BCUT2D eigenvalue weighted by molar-refractivity contribution is -0.116. The molecule has 0 atom stereocenters. The largest absolute Gasteiger partial charge is 0.497 e. The Morgan fingerprint density at radius 3 is 2.26 bits per heavy atom. The lowest BCUT2D eigenvalue weighted by atomic mass is 9.92. The molecule has 9 heteroatoms. The molecule has 0 bridgehead atoms. The topological polar surface area (TPSA) is 88.5 Å². The van der Waals surface area contributed by atoms with Gasteiger partial charge in [0.25, 0.3) is 0 Å². The zero-order chi connectivity index (χ0) is 24.9. The Morgan fingerprint density at radius 2 is 1.71 bits per heavy atom. The summed E-state index contributed by atoms with van der Waals surface area (Å²) in [4.78, 5) is 27.8. The molecule has 34 heavy (non-hydrogen) atoms. The van der Waals surface area contributed by atoms with Gasteiger partial charge in [-0.2, -0.15) is 5.10 Å². The van der Waals surface area contributed by atoms with E-state index in [4.69, 9.17) is 9.84 Å². The van der Waals surface area contributed by atoms with E-state index in [0.29, 0.717) is 11.5 Å². The molecule has 180 valence electrons. The SMILES string of the molecule is COc1ccc(-n2nc(C(C)(C)C)cc2NC(=O)CN(C)C(=O)Nc2ccc(SC)cc2)cc1. The quantitative estimate of drug-likeness (QED) is 0.464. The number of amides is 3. The lowest BCUT2D eigenvalue weighted by Crippen LogP contribution is -2.37. The van der Waals surface area contributed by atoms with Crippen LogP contribution in [0.4, 0.5) is 16.3 Å². The highest BCUT2D eigenvalue weighted by molar-refractivity contribution is 7.98. The minimum absolute atomic E-state index is 0.118. The van der Waals surface area contributed by atoms with E-state index < -0.39 is 0 Å². The summed E-state index contributed by atoms with van der Waals surface area (Å²) >= 11 is 1.63. The second kappa shape index (κ2) is 10.6. The van der Waals surface area contributed by atoms with Gasteiger partial charge < -0.3 is 20.3 Å². The van der Waals surface area contributed by atoms with Crippen LogP contribution in [0.3, 0.4) is 0 Å². The van der Waals surface area contributed by atoms with Crippen molar-refractivity contribution < 1.29 is 14.3 Å². The van der Waals surface area contributed by atoms with Crippen LogP contribution in [0.1, 0.15) is 26.5 Å². The minimum Gasteiger partial charge on any atom is -0.497 e. The second-order valence-corrected chi connectivity index (χ2v) is 9.72. The number of nitrogens with one attached hydrogen (secondary N) is 2. The summed E-state index contributed by atoms with van der Waals surface area (Å²) in [5, 5.41) is 10.4. The molecule has 2 N–H and O–H groups in total. The van der Waals surface area contributed by atoms with Gasteiger partial charge in [0, 0.05) is 29.1 Å². The highest BCUT2D eigenvalue weighted by Crippen LogP contribution is 2.27. The Morgan fingerprint density at radius 1 is 1.06 bits per heavy atom. The summed E-state index contributed by atoms with van der Waals surface area (Å²) in [7, 11) is 3.19. The maximum Gasteiger partial charge on any atom is 0.322 e. The third kappa shape index (κ3) is 6.32. The number of rotatable bonds is 7. The molecule has 0 aliphatic heterocycles. The highest BCUT2D eigenvalue weighted by Gasteiger charge is 2.22. The van der Waals surface area contributed by atoms with Gasteiger partial charge in [-0.05, 0) is 54.8 Å². The minimum atomic E-state index is -0.369. The van der Waals surface area contributed by atoms with Crippen LogP contribution >= 0.6 is 11.8 Å². The van der Waals surface area contributed by atoms with Crippen LogP contribution in [0.5, 0.6) is 5.75 Å². The van der Waals surface area contributed by atoms with Crippen molar-refractivity contribution >= 4 is 35.2 Å². The number of carbonyl (C=O) groups is 2. The van der Waals surface area contributed by atoms with Crippen LogP contribution in [-0.2, 0) is 10.2 Å². The van der Waals surface area contributed by atoms with Crippen molar-refractivity contribution in [2.24, 2.45) is 0 Å². The summed E-state index contributed by atoms with van der Waals surface area (Å²) in [5.74, 6) is 0.931. The van der Waals surface area contributed by atoms with Gasteiger partial charge in [0.1, 0.15) is 18.1 Å². The Labute approximate surface area is 204 Å². The fraction of sp³-hybridized carbons (Fsp3) is 0.320. The Balaban J connectivity index is 1.72. The Kier molecular flexibility index (Phi) is 7.88. The first kappa shape index (κ1) is 25.2. The molecule has 0 radical (unpaired) electrons. The van der Waals surface area contributed by atoms with Crippen molar-refractivity contribution in [2.75, 3.05) is 37.6 Å². The molecule has 0 aliphatic carbocycles. The number of benzene rings is 2. The first-order valence-corrected chi connectivity index (χ1v) is 12.0. The summed E-state index contributed by atoms with van der Waals surface area (Å²) in [6.45, 7) is 6.06. The summed E-state index contributed by atoms with van der Waals surface area (Å²) < 4.78 is 6.92. The number of methoxy groups -OCH3 is 1. The maximum atomic E-state index is 12.8. The number of hydrogen-bond donors (Lipinski definition) is 2. The third-order valence-corrected chi connectivity index (χ3v) is 5.87. The van der Waals surface area contributed by atoms with E-state index in [1.165, 1.54) is 4.90 Å². The first-order valence-electron chi connectivity index (χ1n) is 10.8. The fourth-order valence-corrected chi connectivity index (χ4v) is 3.53. The molecular formula is C25H31N5O3S. The van der Waals surface area contributed by atoms with E-state index in [1.54, 1.807) is 30.6 Å². The summed E-state index contributed by atoms with van der Waals surface area (Å²) in [6, 6.07) is 16.4. The number of urea groups is 1. The van der Waals surface area contributed by atoms with Crippen LogP contribution < -0.4 is 15.4 Å². The smallest absolute Gasteiger partial charge is 0.322 e. The van der Waals surface area contributed by atoms with Gasteiger partial charge >= 0.3 is 6.03 Å². The Bertz CT molecular complexity index is 1130. The van der Waals surface area contributed by atoms with Crippen molar-refractivity contribution in [3.8, 4) is 11.4 Å². The molecule has 0 aliphatic rings. The molecule has 0 unspecified atom stereocenters. The Hall–Kier alpha value is -3.46.